The molecule has 23 heavy (non-hydrogen) atoms. The highest BCUT2D eigenvalue weighted by atomic mass is 35.5. The highest BCUT2D eigenvalue weighted by molar-refractivity contribution is 6.30. The zero-order valence-corrected chi connectivity index (χ0v) is 13.2. The number of halogens is 1. The summed E-state index contributed by atoms with van der Waals surface area (Å²) in [5.74, 6) is -1.03. The van der Waals surface area contributed by atoms with Crippen LogP contribution in [0.15, 0.2) is 46.8 Å². The van der Waals surface area contributed by atoms with Crippen LogP contribution in [0, 0.1) is 13.8 Å². The second-order valence-corrected chi connectivity index (χ2v) is 5.65. The Balaban J connectivity index is 2.14. The number of carboxylic acids is 1. The molecule has 116 valence electrons. The number of carbonyl (C=O) groups is 1. The van der Waals surface area contributed by atoms with E-state index in [1.54, 1.807) is 18.3 Å². The van der Waals surface area contributed by atoms with Gasteiger partial charge in [0, 0.05) is 6.20 Å². The molecule has 1 N–H and O–H groups in total. The van der Waals surface area contributed by atoms with Gasteiger partial charge in [-0.15, -0.1) is 10.2 Å². The quantitative estimate of drug-likeness (QED) is 0.706. The van der Waals surface area contributed by atoms with Crippen molar-refractivity contribution in [1.82, 2.24) is 9.38 Å². The molecule has 0 saturated heterocycles. The first-order valence-electron chi connectivity index (χ1n) is 6.85. The molecule has 0 radical (unpaired) electrons. The number of hydrogen-bond donors (Lipinski definition) is 1. The molecule has 2 aromatic heterocycles. The smallest absolute Gasteiger partial charge is 0.358 e. The lowest BCUT2D eigenvalue weighted by molar-refractivity contribution is 0.0692. The molecule has 0 spiro atoms. The summed E-state index contributed by atoms with van der Waals surface area (Å²) >= 11 is 5.97. The predicted octanol–water partition coefficient (Wildman–Crippen LogP) is 4.72. The van der Waals surface area contributed by atoms with Crippen LogP contribution in [0.1, 0.15) is 21.6 Å². The average molecular weight is 329 g/mol. The molecule has 3 aromatic rings. The molecule has 0 aliphatic carbocycles. The Kier molecular flexibility index (Phi) is 3.83. The van der Waals surface area contributed by atoms with Crippen LogP contribution in [-0.4, -0.2) is 20.5 Å². The minimum Gasteiger partial charge on any atom is -0.476 e. The van der Waals surface area contributed by atoms with Gasteiger partial charge in [0.2, 0.25) is 0 Å². The first kappa shape index (κ1) is 15.2. The second kappa shape index (κ2) is 5.81. The number of rotatable bonds is 3. The predicted molar refractivity (Wildman–Crippen MR) is 87.3 cm³/mol. The molecular weight excluding hydrogens is 316 g/mol. The van der Waals surface area contributed by atoms with Crippen molar-refractivity contribution in [2.24, 2.45) is 10.2 Å². The molecule has 6 nitrogen and oxygen atoms in total. The number of nitrogens with zero attached hydrogens (tertiary/aromatic N) is 4. The summed E-state index contributed by atoms with van der Waals surface area (Å²) in [6.07, 6.45) is 1.56. The molecule has 3 rings (SSSR count). The summed E-state index contributed by atoms with van der Waals surface area (Å²) in [6.45, 7) is 3.92. The fourth-order valence-electron chi connectivity index (χ4n) is 2.36. The van der Waals surface area contributed by atoms with Crippen LogP contribution < -0.4 is 0 Å². The van der Waals surface area contributed by atoms with Crippen molar-refractivity contribution >= 4 is 34.7 Å². The van der Waals surface area contributed by atoms with E-state index in [0.717, 1.165) is 11.1 Å². The van der Waals surface area contributed by atoms with Gasteiger partial charge < -0.3 is 5.11 Å². The molecule has 2 heterocycles. The molecule has 0 amide bonds. The van der Waals surface area contributed by atoms with Gasteiger partial charge in [-0.3, -0.25) is 4.40 Å². The Hall–Kier alpha value is -2.73. The summed E-state index contributed by atoms with van der Waals surface area (Å²) in [6, 6.07) is 9.03. The standard InChI is InChI=1S/C16H13ClN4O2/c1-9-5-10(2)7-12(6-9)19-20-15-14(16(22)23)18-13-4-3-11(17)8-21(13)15/h3-8H,1-2H3,(H,22,23). The van der Waals surface area contributed by atoms with Crippen LogP contribution >= 0.6 is 11.6 Å². The highest BCUT2D eigenvalue weighted by Gasteiger charge is 2.18. The lowest BCUT2D eigenvalue weighted by atomic mass is 10.1. The van der Waals surface area contributed by atoms with Crippen LogP contribution in [0.5, 0.6) is 0 Å². The topological polar surface area (TPSA) is 79.3 Å². The number of hydrogen-bond acceptors (Lipinski definition) is 4. The maximum atomic E-state index is 11.4. The molecule has 0 aliphatic rings. The van der Waals surface area contributed by atoms with E-state index in [4.69, 9.17) is 11.6 Å². The van der Waals surface area contributed by atoms with E-state index < -0.39 is 5.97 Å². The molecule has 0 unspecified atom stereocenters. The number of pyridine rings is 1. The van der Waals surface area contributed by atoms with Crippen molar-refractivity contribution < 1.29 is 9.90 Å². The Labute approximate surface area is 137 Å². The molecule has 0 saturated carbocycles. The van der Waals surface area contributed by atoms with E-state index in [9.17, 15) is 9.90 Å². The summed E-state index contributed by atoms with van der Waals surface area (Å²) < 4.78 is 1.51. The first-order chi connectivity index (χ1) is 10.9. The van der Waals surface area contributed by atoms with Crippen LogP contribution in [0.3, 0.4) is 0 Å². The summed E-state index contributed by atoms with van der Waals surface area (Å²) in [7, 11) is 0. The second-order valence-electron chi connectivity index (χ2n) is 5.21. The number of aromatic carboxylic acids is 1. The number of aryl methyl sites for hydroxylation is 2. The van der Waals surface area contributed by atoms with Crippen LogP contribution in [0.2, 0.25) is 5.02 Å². The van der Waals surface area contributed by atoms with E-state index in [-0.39, 0.29) is 11.5 Å². The zero-order valence-electron chi connectivity index (χ0n) is 12.5. The van der Waals surface area contributed by atoms with Gasteiger partial charge in [-0.05, 0) is 49.2 Å². The zero-order chi connectivity index (χ0) is 16.6. The fourth-order valence-corrected chi connectivity index (χ4v) is 2.52. The van der Waals surface area contributed by atoms with Gasteiger partial charge in [-0.1, -0.05) is 17.7 Å². The molecule has 0 bridgehead atoms. The number of aromatic nitrogens is 2. The van der Waals surface area contributed by atoms with Gasteiger partial charge in [-0.25, -0.2) is 9.78 Å². The van der Waals surface area contributed by atoms with Crippen molar-refractivity contribution in [3.63, 3.8) is 0 Å². The van der Waals surface area contributed by atoms with Crippen LogP contribution in [-0.2, 0) is 0 Å². The number of imidazole rings is 1. The molecule has 7 heteroatoms. The van der Waals surface area contributed by atoms with E-state index in [1.807, 2.05) is 32.0 Å². The van der Waals surface area contributed by atoms with Gasteiger partial charge in [-0.2, -0.15) is 0 Å². The molecular formula is C16H13ClN4O2. The maximum absolute atomic E-state index is 11.4. The average Bonchev–Trinajstić information content (AvgIpc) is 2.82. The largest absolute Gasteiger partial charge is 0.476 e. The minimum atomic E-state index is -1.17. The van der Waals surface area contributed by atoms with E-state index in [1.165, 1.54) is 4.40 Å². The molecule has 0 atom stereocenters. The number of fused-ring (bicyclic) bond motifs is 1. The van der Waals surface area contributed by atoms with Crippen LogP contribution in [0.25, 0.3) is 5.65 Å². The van der Waals surface area contributed by atoms with Gasteiger partial charge >= 0.3 is 5.97 Å². The van der Waals surface area contributed by atoms with E-state index in [0.29, 0.717) is 16.4 Å². The maximum Gasteiger partial charge on any atom is 0.358 e. The van der Waals surface area contributed by atoms with Gasteiger partial charge in [0.15, 0.2) is 11.5 Å². The molecule has 0 fully saturated rings. The summed E-state index contributed by atoms with van der Waals surface area (Å²) in [4.78, 5) is 15.4. The van der Waals surface area contributed by atoms with E-state index in [2.05, 4.69) is 15.2 Å². The molecule has 1 aromatic carbocycles. The number of carboxylic acid groups (broad SMARTS) is 1. The highest BCUT2D eigenvalue weighted by Crippen LogP contribution is 2.26. The monoisotopic (exact) mass is 328 g/mol. The third-order valence-corrected chi connectivity index (χ3v) is 3.45. The third kappa shape index (κ3) is 3.07. The number of benzene rings is 1. The molecule has 0 aliphatic heterocycles. The summed E-state index contributed by atoms with van der Waals surface area (Å²) in [5, 5.41) is 18.0. The normalized spacial score (nSPS) is 11.4. The summed E-state index contributed by atoms with van der Waals surface area (Å²) in [5.41, 5.74) is 3.04. The van der Waals surface area contributed by atoms with Gasteiger partial charge in [0.25, 0.3) is 0 Å². The van der Waals surface area contributed by atoms with Crippen molar-refractivity contribution in [3.05, 3.63) is 58.4 Å². The lowest BCUT2D eigenvalue weighted by Crippen LogP contribution is -1.96. The third-order valence-electron chi connectivity index (χ3n) is 3.23. The lowest BCUT2D eigenvalue weighted by Gasteiger charge is -2.00. The minimum absolute atomic E-state index is 0.133. The number of azo groups is 1. The van der Waals surface area contributed by atoms with Crippen molar-refractivity contribution in [3.8, 4) is 0 Å². The fraction of sp³-hybridized carbons (Fsp3) is 0.125. The van der Waals surface area contributed by atoms with Gasteiger partial charge in [0.1, 0.15) is 5.65 Å². The Morgan fingerprint density at radius 2 is 1.87 bits per heavy atom. The van der Waals surface area contributed by atoms with Gasteiger partial charge in [0.05, 0.1) is 10.7 Å². The van der Waals surface area contributed by atoms with E-state index >= 15 is 0 Å². The Morgan fingerprint density at radius 3 is 2.52 bits per heavy atom. The first-order valence-corrected chi connectivity index (χ1v) is 7.23. The van der Waals surface area contributed by atoms with Crippen molar-refractivity contribution in [2.75, 3.05) is 0 Å². The van der Waals surface area contributed by atoms with Crippen molar-refractivity contribution in [1.29, 1.82) is 0 Å². The Bertz CT molecular complexity index is 926. The SMILES string of the molecule is Cc1cc(C)cc(N=Nc2c(C(=O)O)nc3ccc(Cl)cn23)c1. The van der Waals surface area contributed by atoms with Crippen LogP contribution in [0.4, 0.5) is 11.5 Å². The Morgan fingerprint density at radius 1 is 1.17 bits per heavy atom. The van der Waals surface area contributed by atoms with Crippen molar-refractivity contribution in [2.45, 2.75) is 13.8 Å².